The summed E-state index contributed by atoms with van der Waals surface area (Å²) < 4.78 is 4.90. The molecule has 1 atom stereocenters. The maximum atomic E-state index is 11.7. The van der Waals surface area contributed by atoms with E-state index in [0.29, 0.717) is 6.42 Å². The topological polar surface area (TPSA) is 43.4 Å². The molecular formula is C19H36O3. The average Bonchev–Trinajstić information content (AvgIpc) is 2.50. The molecule has 0 spiro atoms. The van der Waals surface area contributed by atoms with Gasteiger partial charge in [0.05, 0.1) is 5.92 Å². The fraction of sp³-hybridized carbons (Fsp3) is 0.895. The van der Waals surface area contributed by atoms with Crippen molar-refractivity contribution in [2.75, 3.05) is 0 Å². The summed E-state index contributed by atoms with van der Waals surface area (Å²) in [5, 5.41) is 0. The Balaban J connectivity index is 3.47. The molecule has 1 unspecified atom stereocenters. The smallest absolute Gasteiger partial charge is 0.316 e. The molecule has 0 aliphatic heterocycles. The minimum Gasteiger partial charge on any atom is -0.393 e. The van der Waals surface area contributed by atoms with Gasteiger partial charge in [-0.2, -0.15) is 0 Å². The molecule has 22 heavy (non-hydrogen) atoms. The van der Waals surface area contributed by atoms with Gasteiger partial charge in [0.15, 0.2) is 0 Å². The van der Waals surface area contributed by atoms with E-state index in [-0.39, 0.29) is 17.9 Å². The van der Waals surface area contributed by atoms with Gasteiger partial charge in [-0.3, -0.25) is 9.59 Å². The molecule has 0 aliphatic carbocycles. The van der Waals surface area contributed by atoms with Gasteiger partial charge in [-0.05, 0) is 12.8 Å². The van der Waals surface area contributed by atoms with Gasteiger partial charge in [-0.15, -0.1) is 0 Å². The zero-order valence-corrected chi connectivity index (χ0v) is 15.0. The number of hydrogen-bond donors (Lipinski definition) is 0. The molecule has 0 rings (SSSR count). The first kappa shape index (κ1) is 21.1. The second-order valence-corrected chi connectivity index (χ2v) is 6.41. The van der Waals surface area contributed by atoms with Crippen molar-refractivity contribution in [2.45, 2.75) is 104 Å². The van der Waals surface area contributed by atoms with Crippen LogP contribution in [0.1, 0.15) is 104 Å². The molecule has 0 heterocycles. The predicted molar refractivity (Wildman–Crippen MR) is 91.6 cm³/mol. The fourth-order valence-electron chi connectivity index (χ4n) is 2.47. The third-order valence-electron chi connectivity index (χ3n) is 4.09. The van der Waals surface area contributed by atoms with E-state index in [2.05, 4.69) is 13.8 Å². The molecule has 0 aromatic heterocycles. The maximum absolute atomic E-state index is 11.7. The Bertz CT molecular complexity index is 286. The maximum Gasteiger partial charge on any atom is 0.316 e. The van der Waals surface area contributed by atoms with Crippen LogP contribution in [0.5, 0.6) is 0 Å². The molecule has 0 saturated carbocycles. The van der Waals surface area contributed by atoms with E-state index in [9.17, 15) is 9.59 Å². The SMILES string of the molecule is CCCCCCCCCCCC(=O)OC(=O)C(C)CCCC. The number of carbonyl (C=O) groups excluding carboxylic acids is 2. The summed E-state index contributed by atoms with van der Waals surface area (Å²) in [7, 11) is 0. The summed E-state index contributed by atoms with van der Waals surface area (Å²) in [5.74, 6) is -0.863. The predicted octanol–water partition coefficient (Wildman–Crippen LogP) is 5.80. The molecular weight excluding hydrogens is 276 g/mol. The zero-order valence-electron chi connectivity index (χ0n) is 15.0. The van der Waals surface area contributed by atoms with Crippen LogP contribution in [-0.4, -0.2) is 11.9 Å². The lowest BCUT2D eigenvalue weighted by molar-refractivity contribution is -0.162. The van der Waals surface area contributed by atoms with Crippen molar-refractivity contribution in [2.24, 2.45) is 5.92 Å². The highest BCUT2D eigenvalue weighted by atomic mass is 16.6. The fourth-order valence-corrected chi connectivity index (χ4v) is 2.47. The summed E-state index contributed by atoms with van der Waals surface area (Å²) in [5.41, 5.74) is 0. The highest BCUT2D eigenvalue weighted by Crippen LogP contribution is 2.12. The van der Waals surface area contributed by atoms with Crippen molar-refractivity contribution in [3.8, 4) is 0 Å². The Morgan fingerprint density at radius 3 is 1.82 bits per heavy atom. The lowest BCUT2D eigenvalue weighted by Gasteiger charge is -2.09. The highest BCUT2D eigenvalue weighted by Gasteiger charge is 2.17. The van der Waals surface area contributed by atoms with E-state index in [1.165, 1.54) is 44.9 Å². The largest absolute Gasteiger partial charge is 0.393 e. The van der Waals surface area contributed by atoms with Gasteiger partial charge >= 0.3 is 11.9 Å². The van der Waals surface area contributed by atoms with Crippen LogP contribution in [0, 0.1) is 5.92 Å². The number of unbranched alkanes of at least 4 members (excludes halogenated alkanes) is 9. The van der Waals surface area contributed by atoms with Crippen LogP contribution in [0.3, 0.4) is 0 Å². The van der Waals surface area contributed by atoms with E-state index in [4.69, 9.17) is 4.74 Å². The number of ether oxygens (including phenoxy) is 1. The lowest BCUT2D eigenvalue weighted by atomic mass is 10.0. The van der Waals surface area contributed by atoms with E-state index in [1.807, 2.05) is 6.92 Å². The Morgan fingerprint density at radius 1 is 0.773 bits per heavy atom. The summed E-state index contributed by atoms with van der Waals surface area (Å²) in [4.78, 5) is 23.3. The third-order valence-corrected chi connectivity index (χ3v) is 4.09. The molecule has 0 fully saturated rings. The van der Waals surface area contributed by atoms with E-state index >= 15 is 0 Å². The van der Waals surface area contributed by atoms with Crippen molar-refractivity contribution in [1.82, 2.24) is 0 Å². The van der Waals surface area contributed by atoms with Gasteiger partial charge in [0.25, 0.3) is 0 Å². The normalized spacial score (nSPS) is 12.1. The molecule has 3 nitrogen and oxygen atoms in total. The van der Waals surface area contributed by atoms with Crippen LogP contribution in [0.4, 0.5) is 0 Å². The van der Waals surface area contributed by atoms with Crippen LogP contribution in [0.15, 0.2) is 0 Å². The number of carbonyl (C=O) groups is 2. The summed E-state index contributed by atoms with van der Waals surface area (Å²) >= 11 is 0. The standard InChI is InChI=1S/C19H36O3/c1-4-6-8-9-10-11-12-13-14-16-18(20)22-19(21)17(3)15-7-5-2/h17H,4-16H2,1-3H3. The Kier molecular flexibility index (Phi) is 14.5. The summed E-state index contributed by atoms with van der Waals surface area (Å²) in [6.07, 6.45) is 14.2. The molecule has 130 valence electrons. The van der Waals surface area contributed by atoms with Gasteiger partial charge in [-0.1, -0.05) is 85.0 Å². The Morgan fingerprint density at radius 2 is 1.27 bits per heavy atom. The zero-order chi connectivity index (χ0) is 16.6. The lowest BCUT2D eigenvalue weighted by Crippen LogP contribution is -2.19. The third kappa shape index (κ3) is 12.8. The molecule has 0 N–H and O–H groups in total. The summed E-state index contributed by atoms with van der Waals surface area (Å²) in [6, 6.07) is 0. The number of rotatable bonds is 14. The molecule has 0 aromatic rings. The molecule has 0 aromatic carbocycles. The first-order chi connectivity index (χ1) is 10.6. The molecule has 3 heteroatoms. The minimum absolute atomic E-state index is 0.160. The van der Waals surface area contributed by atoms with E-state index in [1.54, 1.807) is 0 Å². The summed E-state index contributed by atoms with van der Waals surface area (Å²) in [6.45, 7) is 6.16. The van der Waals surface area contributed by atoms with Crippen molar-refractivity contribution in [1.29, 1.82) is 0 Å². The monoisotopic (exact) mass is 312 g/mol. The van der Waals surface area contributed by atoms with Crippen LogP contribution in [-0.2, 0) is 14.3 Å². The molecule has 0 amide bonds. The highest BCUT2D eigenvalue weighted by molar-refractivity contribution is 5.86. The molecule has 0 aliphatic rings. The van der Waals surface area contributed by atoms with Crippen LogP contribution in [0.25, 0.3) is 0 Å². The van der Waals surface area contributed by atoms with Gasteiger partial charge in [0.2, 0.25) is 0 Å². The average molecular weight is 312 g/mol. The van der Waals surface area contributed by atoms with Crippen molar-refractivity contribution in [3.63, 3.8) is 0 Å². The Hall–Kier alpha value is -0.860. The number of hydrogen-bond acceptors (Lipinski definition) is 3. The second-order valence-electron chi connectivity index (χ2n) is 6.41. The van der Waals surface area contributed by atoms with Gasteiger partial charge in [0.1, 0.15) is 0 Å². The van der Waals surface area contributed by atoms with Gasteiger partial charge < -0.3 is 4.74 Å². The van der Waals surface area contributed by atoms with Crippen molar-refractivity contribution >= 4 is 11.9 Å². The minimum atomic E-state index is -0.352. The molecule has 0 saturated heterocycles. The van der Waals surface area contributed by atoms with E-state index in [0.717, 1.165) is 32.1 Å². The van der Waals surface area contributed by atoms with Gasteiger partial charge in [-0.25, -0.2) is 0 Å². The second kappa shape index (κ2) is 15.1. The van der Waals surface area contributed by atoms with E-state index < -0.39 is 0 Å². The number of esters is 2. The van der Waals surface area contributed by atoms with Crippen molar-refractivity contribution in [3.05, 3.63) is 0 Å². The Labute approximate surface area is 137 Å². The van der Waals surface area contributed by atoms with Crippen LogP contribution < -0.4 is 0 Å². The quantitative estimate of drug-likeness (QED) is 0.231. The first-order valence-electron chi connectivity index (χ1n) is 9.36. The van der Waals surface area contributed by atoms with Crippen LogP contribution in [0.2, 0.25) is 0 Å². The molecule has 0 radical (unpaired) electrons. The molecule has 0 bridgehead atoms. The van der Waals surface area contributed by atoms with Gasteiger partial charge in [0, 0.05) is 6.42 Å². The first-order valence-corrected chi connectivity index (χ1v) is 9.36. The van der Waals surface area contributed by atoms with Crippen molar-refractivity contribution < 1.29 is 14.3 Å². The van der Waals surface area contributed by atoms with Crippen LogP contribution >= 0.6 is 0 Å².